The van der Waals surface area contributed by atoms with Gasteiger partial charge in [-0.3, -0.25) is 0 Å². The van der Waals surface area contributed by atoms with Gasteiger partial charge in [-0.1, -0.05) is 18.2 Å². The number of nitrogens with zero attached hydrogens (tertiary/aromatic N) is 2. The summed E-state index contributed by atoms with van der Waals surface area (Å²) in [6, 6.07) is 10.5. The number of amides is 1. The molecule has 0 radical (unpaired) electrons. The molecule has 0 aliphatic carbocycles. The third-order valence-electron chi connectivity index (χ3n) is 8.73. The molecule has 4 aliphatic rings. The molecule has 2 atom stereocenters. The first-order chi connectivity index (χ1) is 18.3. The number of piperidine rings is 1. The van der Waals surface area contributed by atoms with Crippen LogP contribution in [0.15, 0.2) is 30.3 Å². The Morgan fingerprint density at radius 1 is 1.00 bits per heavy atom. The summed E-state index contributed by atoms with van der Waals surface area (Å²) in [7, 11) is -0.410. The summed E-state index contributed by atoms with van der Waals surface area (Å²) >= 11 is 0. The second kappa shape index (κ2) is 9.13. The molecule has 1 amide bonds. The zero-order valence-corrected chi connectivity index (χ0v) is 24.1. The molecule has 2 aromatic rings. The number of rotatable bonds is 3. The van der Waals surface area contributed by atoms with Gasteiger partial charge in [-0.25, -0.2) is 4.79 Å². The quantitative estimate of drug-likeness (QED) is 0.498. The van der Waals surface area contributed by atoms with Crippen LogP contribution in [0.25, 0.3) is 11.1 Å². The molecule has 39 heavy (non-hydrogen) atoms. The first-order valence-corrected chi connectivity index (χ1v) is 14.1. The highest BCUT2D eigenvalue weighted by atomic mass is 16.7. The number of carbonyl (C=O) groups excluding carboxylic acids is 1. The van der Waals surface area contributed by atoms with Crippen molar-refractivity contribution in [1.82, 2.24) is 9.88 Å². The van der Waals surface area contributed by atoms with Crippen LogP contribution < -0.4 is 14.9 Å². The molecule has 3 fully saturated rings. The van der Waals surface area contributed by atoms with Crippen LogP contribution in [0.3, 0.4) is 0 Å². The van der Waals surface area contributed by atoms with E-state index in [1.807, 2.05) is 37.8 Å². The number of hydrogen-bond donors (Lipinski definition) is 0. The van der Waals surface area contributed by atoms with Gasteiger partial charge < -0.3 is 28.4 Å². The molecule has 3 saturated heterocycles. The average Bonchev–Trinajstić information content (AvgIpc) is 3.24. The average molecular weight is 534 g/mol. The van der Waals surface area contributed by atoms with Crippen LogP contribution in [0.1, 0.15) is 79.7 Å². The van der Waals surface area contributed by atoms with E-state index in [1.165, 1.54) is 0 Å². The van der Waals surface area contributed by atoms with Crippen LogP contribution >= 0.6 is 0 Å². The van der Waals surface area contributed by atoms with Crippen LogP contribution in [0.4, 0.5) is 4.79 Å². The van der Waals surface area contributed by atoms with Gasteiger partial charge in [0.25, 0.3) is 0 Å². The maximum absolute atomic E-state index is 12.8. The lowest BCUT2D eigenvalue weighted by atomic mass is 9.77. The lowest BCUT2D eigenvalue weighted by Gasteiger charge is -2.39. The maximum atomic E-state index is 12.8. The van der Waals surface area contributed by atoms with E-state index in [9.17, 15) is 4.79 Å². The highest BCUT2D eigenvalue weighted by molar-refractivity contribution is 6.62. The minimum absolute atomic E-state index is 0.00471. The lowest BCUT2D eigenvalue weighted by molar-refractivity contribution is -0.00765. The minimum Gasteiger partial charge on any atom is -0.474 e. The third-order valence-corrected chi connectivity index (χ3v) is 8.73. The summed E-state index contributed by atoms with van der Waals surface area (Å²) in [4.78, 5) is 19.4. The SMILES string of the molecule is CC(C)(C)OC(=O)N1C2CCC1CC(Oc1ccc3c(n1)OCc1cc(B4OC(C)(C)C(C)(C)O4)ccc1-3)C2. The number of hydrogen-bond acceptors (Lipinski definition) is 7. The smallest absolute Gasteiger partial charge is 0.474 e. The maximum Gasteiger partial charge on any atom is 0.494 e. The Bertz CT molecular complexity index is 1260. The zero-order valence-electron chi connectivity index (χ0n) is 24.1. The molecular weight excluding hydrogens is 495 g/mol. The normalized spacial score (nSPS) is 26.5. The number of ether oxygens (including phenoxy) is 3. The molecule has 9 heteroatoms. The van der Waals surface area contributed by atoms with Gasteiger partial charge in [0.1, 0.15) is 18.3 Å². The van der Waals surface area contributed by atoms with E-state index in [-0.39, 0.29) is 35.5 Å². The number of fused-ring (bicyclic) bond motifs is 5. The summed E-state index contributed by atoms with van der Waals surface area (Å²) in [5.74, 6) is 1.14. The Morgan fingerprint density at radius 3 is 2.28 bits per heavy atom. The van der Waals surface area contributed by atoms with Crippen molar-refractivity contribution in [2.24, 2.45) is 0 Å². The van der Waals surface area contributed by atoms with E-state index in [0.29, 0.717) is 18.4 Å². The van der Waals surface area contributed by atoms with Crippen LogP contribution in [-0.2, 0) is 20.7 Å². The van der Waals surface area contributed by atoms with Gasteiger partial charge in [0.2, 0.25) is 11.8 Å². The molecule has 1 aromatic carbocycles. The largest absolute Gasteiger partial charge is 0.494 e. The Labute approximate surface area is 231 Å². The number of benzene rings is 1. The van der Waals surface area contributed by atoms with Crippen LogP contribution in [0.2, 0.25) is 0 Å². The Hall–Kier alpha value is -2.78. The molecule has 0 spiro atoms. The molecule has 0 saturated carbocycles. The predicted octanol–water partition coefficient (Wildman–Crippen LogP) is 5.25. The lowest BCUT2D eigenvalue weighted by Crippen LogP contribution is -2.50. The minimum atomic E-state index is -0.497. The summed E-state index contributed by atoms with van der Waals surface area (Å²) < 4.78 is 30.6. The molecule has 0 N–H and O–H groups in total. The Kier molecular flexibility index (Phi) is 6.19. The van der Waals surface area contributed by atoms with Crippen molar-refractivity contribution in [2.45, 2.75) is 116 Å². The summed E-state index contributed by atoms with van der Waals surface area (Å²) in [5.41, 5.74) is 2.84. The number of pyridine rings is 1. The monoisotopic (exact) mass is 534 g/mol. The molecule has 6 rings (SSSR count). The molecule has 2 unspecified atom stereocenters. The highest BCUT2D eigenvalue weighted by Crippen LogP contribution is 2.41. The van der Waals surface area contributed by atoms with E-state index in [0.717, 1.165) is 47.8 Å². The van der Waals surface area contributed by atoms with Crippen LogP contribution in [0.5, 0.6) is 11.8 Å². The number of aromatic nitrogens is 1. The van der Waals surface area contributed by atoms with Gasteiger partial charge in [0.05, 0.1) is 11.2 Å². The Morgan fingerprint density at radius 2 is 1.64 bits per heavy atom. The number of carbonyl (C=O) groups is 1. The van der Waals surface area contributed by atoms with Crippen molar-refractivity contribution in [3.05, 3.63) is 35.9 Å². The second-order valence-electron chi connectivity index (χ2n) is 13.3. The second-order valence-corrected chi connectivity index (χ2v) is 13.3. The van der Waals surface area contributed by atoms with Gasteiger partial charge >= 0.3 is 13.2 Å². The zero-order chi connectivity index (χ0) is 27.7. The molecule has 8 nitrogen and oxygen atoms in total. The fourth-order valence-electron chi connectivity index (χ4n) is 6.08. The van der Waals surface area contributed by atoms with Gasteiger partial charge in [-0.05, 0) is 84.0 Å². The van der Waals surface area contributed by atoms with Crippen molar-refractivity contribution in [2.75, 3.05) is 0 Å². The van der Waals surface area contributed by atoms with E-state index < -0.39 is 12.7 Å². The van der Waals surface area contributed by atoms with Gasteiger partial charge in [-0.2, -0.15) is 4.98 Å². The molecular formula is C30H39BN2O6. The summed E-state index contributed by atoms with van der Waals surface area (Å²) in [6.07, 6.45) is 3.31. The van der Waals surface area contributed by atoms with Crippen molar-refractivity contribution >= 4 is 18.7 Å². The summed E-state index contributed by atoms with van der Waals surface area (Å²) in [6.45, 7) is 14.4. The molecule has 2 bridgehead atoms. The molecule has 1 aromatic heterocycles. The van der Waals surface area contributed by atoms with Crippen molar-refractivity contribution in [1.29, 1.82) is 0 Å². The standard InChI is InChI=1S/C30H39BN2O6/c1-28(2,3)37-27(34)33-20-9-10-21(33)16-22(15-20)36-25-13-12-24-23-11-8-19(14-18(23)17-35-26(24)32-25)31-38-29(4,5)30(6,7)39-31/h8,11-14,20-22H,9-10,15-17H2,1-7H3. The van der Waals surface area contributed by atoms with Gasteiger partial charge in [-0.15, -0.1) is 0 Å². The fraction of sp³-hybridized carbons (Fsp3) is 0.600. The molecule has 5 heterocycles. The molecule has 4 aliphatic heterocycles. The van der Waals surface area contributed by atoms with Crippen molar-refractivity contribution in [3.63, 3.8) is 0 Å². The first-order valence-electron chi connectivity index (χ1n) is 14.1. The van der Waals surface area contributed by atoms with Crippen molar-refractivity contribution in [3.8, 4) is 22.9 Å². The van der Waals surface area contributed by atoms with E-state index in [1.54, 1.807) is 0 Å². The van der Waals surface area contributed by atoms with Crippen molar-refractivity contribution < 1.29 is 28.3 Å². The van der Waals surface area contributed by atoms with E-state index in [2.05, 4.69) is 45.9 Å². The Balaban J connectivity index is 1.14. The van der Waals surface area contributed by atoms with Gasteiger partial charge in [0.15, 0.2) is 0 Å². The van der Waals surface area contributed by atoms with Crippen LogP contribution in [-0.4, -0.2) is 58.1 Å². The molecule has 208 valence electrons. The first kappa shape index (κ1) is 26.4. The fourth-order valence-corrected chi connectivity index (χ4v) is 6.08. The van der Waals surface area contributed by atoms with E-state index >= 15 is 0 Å². The predicted molar refractivity (Wildman–Crippen MR) is 148 cm³/mol. The summed E-state index contributed by atoms with van der Waals surface area (Å²) in [5, 5.41) is 0. The topological polar surface area (TPSA) is 79.4 Å². The van der Waals surface area contributed by atoms with Crippen LogP contribution in [0, 0.1) is 0 Å². The van der Waals surface area contributed by atoms with E-state index in [4.69, 9.17) is 28.5 Å². The highest BCUT2D eigenvalue weighted by Gasteiger charge is 2.52. The van der Waals surface area contributed by atoms with Gasteiger partial charge in [0, 0.05) is 36.6 Å². The third kappa shape index (κ3) is 4.88.